The molecule has 0 aromatic rings. The van der Waals surface area contributed by atoms with Crippen LogP contribution in [0.15, 0.2) is 0 Å². The first-order valence-electron chi connectivity index (χ1n) is 7.56. The van der Waals surface area contributed by atoms with Crippen molar-refractivity contribution in [3.8, 4) is 0 Å². The Morgan fingerprint density at radius 1 is 1.39 bits per heavy atom. The third-order valence-electron chi connectivity index (χ3n) is 3.86. The maximum atomic E-state index is 5.68. The monoisotopic (exact) mass is 257 g/mol. The van der Waals surface area contributed by atoms with E-state index in [4.69, 9.17) is 9.47 Å². The second kappa shape index (κ2) is 8.89. The summed E-state index contributed by atoms with van der Waals surface area (Å²) < 4.78 is 11.3. The molecule has 1 aliphatic heterocycles. The van der Waals surface area contributed by atoms with E-state index in [9.17, 15) is 0 Å². The maximum absolute atomic E-state index is 5.68. The van der Waals surface area contributed by atoms with Crippen LogP contribution in [0, 0.1) is 5.92 Å². The van der Waals surface area contributed by atoms with E-state index in [-0.39, 0.29) is 0 Å². The van der Waals surface area contributed by atoms with Crippen molar-refractivity contribution >= 4 is 0 Å². The number of ether oxygens (including phenoxy) is 2. The van der Waals surface area contributed by atoms with Crippen molar-refractivity contribution in [2.75, 3.05) is 20.3 Å². The second-order valence-electron chi connectivity index (χ2n) is 5.67. The molecule has 1 fully saturated rings. The van der Waals surface area contributed by atoms with Gasteiger partial charge in [-0.2, -0.15) is 0 Å². The number of methoxy groups -OCH3 is 1. The minimum absolute atomic E-state index is 0.314. The van der Waals surface area contributed by atoms with Crippen molar-refractivity contribution in [3.63, 3.8) is 0 Å². The average molecular weight is 257 g/mol. The lowest BCUT2D eigenvalue weighted by atomic mass is 9.94. The first-order chi connectivity index (χ1) is 8.69. The molecule has 1 N–H and O–H groups in total. The zero-order chi connectivity index (χ0) is 13.4. The smallest absolute Gasteiger partial charge is 0.0747 e. The van der Waals surface area contributed by atoms with Gasteiger partial charge in [0.1, 0.15) is 0 Å². The molecule has 1 heterocycles. The van der Waals surface area contributed by atoms with Gasteiger partial charge >= 0.3 is 0 Å². The number of hydrogen-bond donors (Lipinski definition) is 1. The molecule has 3 heteroatoms. The summed E-state index contributed by atoms with van der Waals surface area (Å²) in [6.45, 7) is 8.61. The molecule has 0 aromatic heterocycles. The van der Waals surface area contributed by atoms with Crippen LogP contribution in [0.4, 0.5) is 0 Å². The van der Waals surface area contributed by atoms with Gasteiger partial charge in [0.05, 0.1) is 12.2 Å². The van der Waals surface area contributed by atoms with Crippen molar-refractivity contribution < 1.29 is 9.47 Å². The van der Waals surface area contributed by atoms with Crippen molar-refractivity contribution in [1.29, 1.82) is 0 Å². The molecular formula is C15H31NO2. The second-order valence-corrected chi connectivity index (χ2v) is 5.67. The van der Waals surface area contributed by atoms with Crippen LogP contribution < -0.4 is 5.32 Å². The summed E-state index contributed by atoms with van der Waals surface area (Å²) in [5.74, 6) is 0.557. The normalized spacial score (nSPS) is 23.5. The standard InChI is InChI=1S/C15H31NO2/c1-5-16-14(15(17-4)12(2)3)10-6-8-13-9-7-11-18-13/h12-16H,5-11H2,1-4H3. The molecule has 3 nitrogen and oxygen atoms in total. The lowest BCUT2D eigenvalue weighted by Gasteiger charge is -2.30. The Bertz CT molecular complexity index is 203. The van der Waals surface area contributed by atoms with Crippen LogP contribution in [0.3, 0.4) is 0 Å². The maximum Gasteiger partial charge on any atom is 0.0747 e. The van der Waals surface area contributed by atoms with E-state index in [1.807, 2.05) is 7.11 Å². The first-order valence-corrected chi connectivity index (χ1v) is 7.56. The molecule has 0 aliphatic carbocycles. The van der Waals surface area contributed by atoms with Gasteiger partial charge in [-0.1, -0.05) is 20.8 Å². The van der Waals surface area contributed by atoms with Crippen LogP contribution in [0.25, 0.3) is 0 Å². The Morgan fingerprint density at radius 3 is 2.67 bits per heavy atom. The van der Waals surface area contributed by atoms with Gasteiger partial charge in [-0.25, -0.2) is 0 Å². The summed E-state index contributed by atoms with van der Waals surface area (Å²) in [4.78, 5) is 0. The molecule has 0 bridgehead atoms. The summed E-state index contributed by atoms with van der Waals surface area (Å²) in [7, 11) is 1.83. The van der Waals surface area contributed by atoms with Crippen molar-refractivity contribution in [1.82, 2.24) is 5.32 Å². The minimum Gasteiger partial charge on any atom is -0.380 e. The van der Waals surface area contributed by atoms with Crippen LogP contribution in [0.5, 0.6) is 0 Å². The fourth-order valence-electron chi connectivity index (χ4n) is 2.98. The number of rotatable bonds is 9. The molecule has 1 aliphatic rings. The Morgan fingerprint density at radius 2 is 2.17 bits per heavy atom. The van der Waals surface area contributed by atoms with Crippen LogP contribution >= 0.6 is 0 Å². The van der Waals surface area contributed by atoms with Gasteiger partial charge in [0.25, 0.3) is 0 Å². The highest BCUT2D eigenvalue weighted by Gasteiger charge is 2.24. The lowest BCUT2D eigenvalue weighted by Crippen LogP contribution is -2.43. The SMILES string of the molecule is CCNC(CCCC1CCCO1)C(OC)C(C)C. The van der Waals surface area contributed by atoms with Gasteiger partial charge in [0.15, 0.2) is 0 Å². The van der Waals surface area contributed by atoms with Crippen molar-refractivity contribution in [3.05, 3.63) is 0 Å². The van der Waals surface area contributed by atoms with Crippen LogP contribution in [0.2, 0.25) is 0 Å². The zero-order valence-corrected chi connectivity index (χ0v) is 12.6. The van der Waals surface area contributed by atoms with E-state index in [1.54, 1.807) is 0 Å². The first kappa shape index (κ1) is 15.9. The summed E-state index contributed by atoms with van der Waals surface area (Å²) in [6.07, 6.45) is 6.95. The topological polar surface area (TPSA) is 30.5 Å². The summed E-state index contributed by atoms with van der Waals surface area (Å²) in [6, 6.07) is 0.474. The van der Waals surface area contributed by atoms with Crippen molar-refractivity contribution in [2.24, 2.45) is 5.92 Å². The molecule has 0 saturated carbocycles. The Labute approximate surface area is 113 Å². The number of nitrogens with one attached hydrogen (secondary N) is 1. The molecule has 18 heavy (non-hydrogen) atoms. The van der Waals surface area contributed by atoms with Gasteiger partial charge in [-0.15, -0.1) is 0 Å². The molecular weight excluding hydrogens is 226 g/mol. The Kier molecular flexibility index (Phi) is 7.87. The average Bonchev–Trinajstić information content (AvgIpc) is 2.82. The van der Waals surface area contributed by atoms with E-state index < -0.39 is 0 Å². The molecule has 1 saturated heterocycles. The largest absolute Gasteiger partial charge is 0.380 e. The molecule has 1 rings (SSSR count). The quantitative estimate of drug-likeness (QED) is 0.689. The minimum atomic E-state index is 0.314. The van der Waals surface area contributed by atoms with Gasteiger partial charge in [0, 0.05) is 19.8 Å². The zero-order valence-electron chi connectivity index (χ0n) is 12.6. The highest BCUT2D eigenvalue weighted by molar-refractivity contribution is 4.80. The summed E-state index contributed by atoms with van der Waals surface area (Å²) in [5.41, 5.74) is 0. The molecule has 0 amide bonds. The Hall–Kier alpha value is -0.120. The molecule has 0 radical (unpaired) electrons. The third-order valence-corrected chi connectivity index (χ3v) is 3.86. The highest BCUT2D eigenvalue weighted by atomic mass is 16.5. The van der Waals surface area contributed by atoms with Crippen molar-refractivity contribution in [2.45, 2.75) is 71.1 Å². The Balaban J connectivity index is 2.31. The predicted octanol–water partition coefficient (Wildman–Crippen LogP) is 2.98. The third kappa shape index (κ3) is 5.25. The number of likely N-dealkylation sites (N-methyl/N-ethyl adjacent to an activating group) is 1. The van der Waals surface area contributed by atoms with E-state index in [0.717, 1.165) is 13.2 Å². The molecule has 108 valence electrons. The van der Waals surface area contributed by atoms with Crippen LogP contribution in [-0.2, 0) is 9.47 Å². The molecule has 3 unspecified atom stereocenters. The summed E-state index contributed by atoms with van der Waals surface area (Å²) >= 11 is 0. The van der Waals surface area contributed by atoms with E-state index in [1.165, 1.54) is 32.1 Å². The molecule has 0 aromatic carbocycles. The number of hydrogen-bond acceptors (Lipinski definition) is 3. The summed E-state index contributed by atoms with van der Waals surface area (Å²) in [5, 5.41) is 3.57. The van der Waals surface area contributed by atoms with Crippen LogP contribution in [0.1, 0.15) is 52.9 Å². The molecule has 0 spiro atoms. The lowest BCUT2D eigenvalue weighted by molar-refractivity contribution is 0.0285. The van der Waals surface area contributed by atoms with Crippen LogP contribution in [-0.4, -0.2) is 38.5 Å². The highest BCUT2D eigenvalue weighted by Crippen LogP contribution is 2.20. The molecule has 3 atom stereocenters. The fourth-order valence-corrected chi connectivity index (χ4v) is 2.98. The predicted molar refractivity (Wildman–Crippen MR) is 75.9 cm³/mol. The van der Waals surface area contributed by atoms with Gasteiger partial charge in [0.2, 0.25) is 0 Å². The van der Waals surface area contributed by atoms with Gasteiger partial charge < -0.3 is 14.8 Å². The van der Waals surface area contributed by atoms with Gasteiger partial charge in [-0.3, -0.25) is 0 Å². The van der Waals surface area contributed by atoms with E-state index >= 15 is 0 Å². The van der Waals surface area contributed by atoms with E-state index in [0.29, 0.717) is 24.2 Å². The van der Waals surface area contributed by atoms with Gasteiger partial charge in [-0.05, 0) is 44.6 Å². The fraction of sp³-hybridized carbons (Fsp3) is 1.00. The van der Waals surface area contributed by atoms with E-state index in [2.05, 4.69) is 26.1 Å².